The Bertz CT molecular complexity index is 233. The molecular weight excluding hydrogens is 208 g/mol. The molecule has 100 valence electrons. The number of nitrogens with two attached hydrogens (primary N) is 1. The highest BCUT2D eigenvalue weighted by molar-refractivity contribution is 4.90. The number of hydrogen-bond donors (Lipinski definition) is 1. The molecule has 1 aliphatic carbocycles. The fourth-order valence-electron chi connectivity index (χ4n) is 3.74. The van der Waals surface area contributed by atoms with Gasteiger partial charge < -0.3 is 5.73 Å². The van der Waals surface area contributed by atoms with E-state index in [2.05, 4.69) is 18.7 Å². The fourth-order valence-corrected chi connectivity index (χ4v) is 3.74. The topological polar surface area (TPSA) is 29.3 Å². The van der Waals surface area contributed by atoms with Gasteiger partial charge in [0.15, 0.2) is 0 Å². The third-order valence-corrected chi connectivity index (χ3v) is 5.29. The second-order valence-corrected chi connectivity index (χ2v) is 6.59. The van der Waals surface area contributed by atoms with Crippen LogP contribution in [0.5, 0.6) is 0 Å². The molecule has 3 unspecified atom stereocenters. The highest BCUT2D eigenvalue weighted by Gasteiger charge is 2.35. The van der Waals surface area contributed by atoms with E-state index in [-0.39, 0.29) is 0 Å². The largest absolute Gasteiger partial charge is 0.330 e. The minimum absolute atomic E-state index is 0.333. The van der Waals surface area contributed by atoms with Crippen LogP contribution in [0.3, 0.4) is 0 Å². The highest BCUT2D eigenvalue weighted by Crippen LogP contribution is 2.37. The molecular formula is C15H30N2. The summed E-state index contributed by atoms with van der Waals surface area (Å²) in [6, 6.07) is 0.884. The van der Waals surface area contributed by atoms with Crippen LogP contribution in [-0.4, -0.2) is 30.6 Å². The van der Waals surface area contributed by atoms with Gasteiger partial charge in [-0.2, -0.15) is 0 Å². The molecule has 0 aromatic carbocycles. The first-order chi connectivity index (χ1) is 8.18. The maximum atomic E-state index is 5.98. The molecule has 0 amide bonds. The fraction of sp³-hybridized carbons (Fsp3) is 1.00. The average Bonchev–Trinajstić information content (AvgIpc) is 2.39. The smallest absolute Gasteiger partial charge is 0.0124 e. The van der Waals surface area contributed by atoms with Crippen LogP contribution < -0.4 is 5.73 Å². The summed E-state index contributed by atoms with van der Waals surface area (Å²) in [4.78, 5) is 2.78. The van der Waals surface area contributed by atoms with E-state index in [9.17, 15) is 0 Å². The van der Waals surface area contributed by atoms with Gasteiger partial charge in [0.2, 0.25) is 0 Å². The molecule has 0 aromatic rings. The summed E-state index contributed by atoms with van der Waals surface area (Å²) in [7, 11) is 0. The number of likely N-dealkylation sites (tertiary alicyclic amines) is 1. The van der Waals surface area contributed by atoms with Crippen molar-refractivity contribution in [1.82, 2.24) is 4.90 Å². The Morgan fingerprint density at radius 3 is 2.59 bits per heavy atom. The van der Waals surface area contributed by atoms with Crippen molar-refractivity contribution in [2.75, 3.05) is 19.6 Å². The van der Waals surface area contributed by atoms with Crippen molar-refractivity contribution in [1.29, 1.82) is 0 Å². The van der Waals surface area contributed by atoms with E-state index < -0.39 is 0 Å². The first-order valence-electron chi connectivity index (χ1n) is 7.62. The predicted octanol–water partition coefficient (Wildman–Crippen LogP) is 3.02. The van der Waals surface area contributed by atoms with Gasteiger partial charge >= 0.3 is 0 Å². The van der Waals surface area contributed by atoms with Crippen LogP contribution in [-0.2, 0) is 0 Å². The van der Waals surface area contributed by atoms with E-state index in [0.717, 1.165) is 18.5 Å². The van der Waals surface area contributed by atoms with E-state index in [1.54, 1.807) is 0 Å². The maximum absolute atomic E-state index is 5.98. The van der Waals surface area contributed by atoms with Crippen molar-refractivity contribution >= 4 is 0 Å². The van der Waals surface area contributed by atoms with Crippen LogP contribution in [0.1, 0.15) is 58.8 Å². The third-order valence-electron chi connectivity index (χ3n) is 5.29. The summed E-state index contributed by atoms with van der Waals surface area (Å²) in [5.41, 5.74) is 6.31. The molecule has 1 aliphatic heterocycles. The normalized spacial score (nSPS) is 34.1. The van der Waals surface area contributed by atoms with Gasteiger partial charge in [-0.05, 0) is 56.5 Å². The molecule has 2 nitrogen and oxygen atoms in total. The predicted molar refractivity (Wildman–Crippen MR) is 74.0 cm³/mol. The molecule has 1 saturated heterocycles. The summed E-state index contributed by atoms with van der Waals surface area (Å²) in [6.07, 6.45) is 9.93. The van der Waals surface area contributed by atoms with Crippen LogP contribution in [0.25, 0.3) is 0 Å². The molecule has 0 spiro atoms. The Balaban J connectivity index is 1.98. The quantitative estimate of drug-likeness (QED) is 0.816. The summed E-state index contributed by atoms with van der Waals surface area (Å²) < 4.78 is 0. The minimum Gasteiger partial charge on any atom is -0.330 e. The molecule has 1 heterocycles. The molecule has 2 N–H and O–H groups in total. The second-order valence-electron chi connectivity index (χ2n) is 6.59. The van der Waals surface area contributed by atoms with Crippen LogP contribution in [0, 0.1) is 11.3 Å². The van der Waals surface area contributed by atoms with Crippen molar-refractivity contribution < 1.29 is 0 Å². The van der Waals surface area contributed by atoms with Gasteiger partial charge in [0.25, 0.3) is 0 Å². The number of rotatable bonds is 4. The Kier molecular flexibility index (Phi) is 4.48. The standard InChI is InChI=1S/C15H30N2/c1-3-15(2,11-16)12-17-10-6-8-13-7-4-5-9-14(13)17/h13-14H,3-12,16H2,1-2H3. The van der Waals surface area contributed by atoms with Gasteiger partial charge in [-0.1, -0.05) is 26.7 Å². The number of hydrogen-bond acceptors (Lipinski definition) is 2. The second kappa shape index (κ2) is 5.71. The lowest BCUT2D eigenvalue weighted by atomic mass is 9.76. The van der Waals surface area contributed by atoms with Crippen LogP contribution in [0.4, 0.5) is 0 Å². The lowest BCUT2D eigenvalue weighted by Gasteiger charge is -2.47. The van der Waals surface area contributed by atoms with Crippen molar-refractivity contribution in [2.45, 2.75) is 64.8 Å². The van der Waals surface area contributed by atoms with Gasteiger partial charge in [0.1, 0.15) is 0 Å². The molecule has 2 fully saturated rings. The van der Waals surface area contributed by atoms with Gasteiger partial charge in [0, 0.05) is 12.6 Å². The van der Waals surface area contributed by atoms with Crippen molar-refractivity contribution in [2.24, 2.45) is 17.1 Å². The lowest BCUT2D eigenvalue weighted by molar-refractivity contribution is 0.0287. The van der Waals surface area contributed by atoms with Crippen molar-refractivity contribution in [3.05, 3.63) is 0 Å². The van der Waals surface area contributed by atoms with Gasteiger partial charge in [-0.3, -0.25) is 4.90 Å². The highest BCUT2D eigenvalue weighted by atomic mass is 15.2. The lowest BCUT2D eigenvalue weighted by Crippen LogP contribution is -2.51. The Labute approximate surface area is 107 Å². The van der Waals surface area contributed by atoms with Crippen molar-refractivity contribution in [3.8, 4) is 0 Å². The molecule has 0 aromatic heterocycles. The zero-order valence-electron chi connectivity index (χ0n) is 11.8. The molecule has 2 rings (SSSR count). The zero-order valence-corrected chi connectivity index (χ0v) is 11.8. The SMILES string of the molecule is CCC(C)(CN)CN1CCCC2CCCCC21. The van der Waals surface area contributed by atoms with Gasteiger partial charge in [-0.25, -0.2) is 0 Å². The maximum Gasteiger partial charge on any atom is 0.0124 e. The molecule has 1 saturated carbocycles. The first kappa shape index (κ1) is 13.4. The summed E-state index contributed by atoms with van der Waals surface area (Å²) in [5.74, 6) is 0.997. The van der Waals surface area contributed by atoms with E-state index in [4.69, 9.17) is 5.73 Å². The monoisotopic (exact) mass is 238 g/mol. The Hall–Kier alpha value is -0.0800. The van der Waals surface area contributed by atoms with Crippen LogP contribution in [0.2, 0.25) is 0 Å². The van der Waals surface area contributed by atoms with Crippen LogP contribution >= 0.6 is 0 Å². The molecule has 0 radical (unpaired) electrons. The third kappa shape index (κ3) is 3.03. The average molecular weight is 238 g/mol. The van der Waals surface area contributed by atoms with Crippen molar-refractivity contribution in [3.63, 3.8) is 0 Å². The Morgan fingerprint density at radius 1 is 1.18 bits per heavy atom. The number of nitrogens with zero attached hydrogens (tertiary/aromatic N) is 1. The molecule has 2 heteroatoms. The number of fused-ring (bicyclic) bond motifs is 1. The zero-order chi connectivity index (χ0) is 12.3. The molecule has 3 atom stereocenters. The van der Waals surface area contributed by atoms with E-state index >= 15 is 0 Å². The minimum atomic E-state index is 0.333. The summed E-state index contributed by atoms with van der Waals surface area (Å²) >= 11 is 0. The van der Waals surface area contributed by atoms with E-state index in [1.165, 1.54) is 58.0 Å². The molecule has 0 bridgehead atoms. The number of piperidine rings is 1. The van der Waals surface area contributed by atoms with E-state index in [1.807, 2.05) is 0 Å². The summed E-state index contributed by atoms with van der Waals surface area (Å²) in [6.45, 7) is 8.02. The van der Waals surface area contributed by atoms with Crippen LogP contribution in [0.15, 0.2) is 0 Å². The molecule has 2 aliphatic rings. The van der Waals surface area contributed by atoms with Gasteiger partial charge in [0.05, 0.1) is 0 Å². The molecule has 17 heavy (non-hydrogen) atoms. The summed E-state index contributed by atoms with van der Waals surface area (Å²) in [5, 5.41) is 0. The Morgan fingerprint density at radius 2 is 1.88 bits per heavy atom. The van der Waals surface area contributed by atoms with Gasteiger partial charge in [-0.15, -0.1) is 0 Å². The first-order valence-corrected chi connectivity index (χ1v) is 7.62. The van der Waals surface area contributed by atoms with E-state index in [0.29, 0.717) is 5.41 Å².